The van der Waals surface area contributed by atoms with Crippen LogP contribution in [0.25, 0.3) is 0 Å². The molecule has 1 unspecified atom stereocenters. The number of nitrogens with zero attached hydrogens (tertiary/aromatic N) is 1. The van der Waals surface area contributed by atoms with E-state index >= 15 is 0 Å². The van der Waals surface area contributed by atoms with E-state index in [-0.39, 0.29) is 10.8 Å². The maximum Gasteiger partial charge on any atom is 0.243 e. The monoisotopic (exact) mass is 381 g/mol. The number of amides is 1. The molecule has 0 aromatic heterocycles. The first-order valence-corrected chi connectivity index (χ1v) is 10.7. The van der Waals surface area contributed by atoms with Crippen LogP contribution in [0.1, 0.15) is 31.2 Å². The highest BCUT2D eigenvalue weighted by Crippen LogP contribution is 2.26. The van der Waals surface area contributed by atoms with Crippen molar-refractivity contribution in [3.63, 3.8) is 0 Å². The molecule has 0 spiro atoms. The minimum Gasteiger partial charge on any atom is -0.378 e. The Morgan fingerprint density at radius 1 is 1.23 bits per heavy atom. The number of rotatable bonds is 4. The Kier molecular flexibility index (Phi) is 6.29. The Labute approximate surface area is 155 Å². The number of hydrogen-bond donors (Lipinski definition) is 2. The van der Waals surface area contributed by atoms with Gasteiger partial charge in [-0.05, 0) is 37.5 Å². The zero-order valence-electron chi connectivity index (χ0n) is 15.2. The lowest BCUT2D eigenvalue weighted by Crippen LogP contribution is -2.48. The molecule has 2 N–H and O–H groups in total. The highest BCUT2D eigenvalue weighted by atomic mass is 32.2. The van der Waals surface area contributed by atoms with E-state index in [0.29, 0.717) is 44.1 Å². The highest BCUT2D eigenvalue weighted by Gasteiger charge is 2.27. The Bertz CT molecular complexity index is 737. The van der Waals surface area contributed by atoms with Crippen LogP contribution in [0.4, 0.5) is 5.69 Å². The van der Waals surface area contributed by atoms with E-state index in [1.165, 1.54) is 0 Å². The van der Waals surface area contributed by atoms with Gasteiger partial charge in [0.2, 0.25) is 15.9 Å². The standard InChI is InChI=1S/C18H27N3O4S/c1-14-6-7-15(20-18(22)16-13-25-11-8-19-16)12-17(14)26(23,24)21-9-4-2-3-5-10-21/h6-7,12,16,19H,2-5,8-11,13H2,1H3,(H,20,22). The zero-order chi connectivity index (χ0) is 18.6. The summed E-state index contributed by atoms with van der Waals surface area (Å²) in [6, 6.07) is 4.62. The van der Waals surface area contributed by atoms with Crippen molar-refractivity contribution in [3.05, 3.63) is 23.8 Å². The highest BCUT2D eigenvalue weighted by molar-refractivity contribution is 7.89. The van der Waals surface area contributed by atoms with Crippen molar-refractivity contribution in [1.82, 2.24) is 9.62 Å². The molecule has 0 saturated carbocycles. The molecule has 26 heavy (non-hydrogen) atoms. The van der Waals surface area contributed by atoms with E-state index < -0.39 is 16.1 Å². The summed E-state index contributed by atoms with van der Waals surface area (Å²) in [5.41, 5.74) is 1.17. The maximum absolute atomic E-state index is 13.1. The first-order chi connectivity index (χ1) is 12.5. The van der Waals surface area contributed by atoms with Gasteiger partial charge in [-0.2, -0.15) is 4.31 Å². The number of ether oxygens (including phenoxy) is 1. The van der Waals surface area contributed by atoms with Crippen LogP contribution >= 0.6 is 0 Å². The minimum atomic E-state index is -3.56. The zero-order valence-corrected chi connectivity index (χ0v) is 16.0. The molecule has 1 amide bonds. The van der Waals surface area contributed by atoms with Crippen LogP contribution in [0.3, 0.4) is 0 Å². The fraction of sp³-hybridized carbons (Fsp3) is 0.611. The maximum atomic E-state index is 13.1. The van der Waals surface area contributed by atoms with Gasteiger partial charge in [-0.15, -0.1) is 0 Å². The van der Waals surface area contributed by atoms with Gasteiger partial charge in [0.05, 0.1) is 18.1 Å². The summed E-state index contributed by atoms with van der Waals surface area (Å²) in [6.45, 7) is 4.43. The molecule has 2 saturated heterocycles. The van der Waals surface area contributed by atoms with E-state index in [9.17, 15) is 13.2 Å². The third kappa shape index (κ3) is 4.43. The average Bonchev–Trinajstić information content (AvgIpc) is 2.94. The summed E-state index contributed by atoms with van der Waals surface area (Å²) < 4.78 is 33.0. The first kappa shape index (κ1) is 19.3. The van der Waals surface area contributed by atoms with Crippen molar-refractivity contribution >= 4 is 21.6 Å². The van der Waals surface area contributed by atoms with Gasteiger partial charge in [-0.3, -0.25) is 4.79 Å². The molecule has 144 valence electrons. The molecule has 0 bridgehead atoms. The van der Waals surface area contributed by atoms with Crippen molar-refractivity contribution in [1.29, 1.82) is 0 Å². The van der Waals surface area contributed by atoms with Crippen molar-refractivity contribution in [2.75, 3.05) is 38.2 Å². The third-order valence-corrected chi connectivity index (χ3v) is 6.92. The summed E-state index contributed by atoms with van der Waals surface area (Å²) in [6.07, 6.45) is 3.92. The van der Waals surface area contributed by atoms with E-state index in [2.05, 4.69) is 10.6 Å². The largest absolute Gasteiger partial charge is 0.378 e. The average molecular weight is 381 g/mol. The van der Waals surface area contributed by atoms with Crippen molar-refractivity contribution < 1.29 is 17.9 Å². The third-order valence-electron chi connectivity index (χ3n) is 4.88. The molecule has 0 radical (unpaired) electrons. The Morgan fingerprint density at radius 3 is 2.62 bits per heavy atom. The fourth-order valence-corrected chi connectivity index (χ4v) is 5.11. The summed E-state index contributed by atoms with van der Waals surface area (Å²) >= 11 is 0. The van der Waals surface area contributed by atoms with Crippen LogP contribution in [-0.4, -0.2) is 57.5 Å². The van der Waals surface area contributed by atoms with Crippen LogP contribution in [0.15, 0.2) is 23.1 Å². The van der Waals surface area contributed by atoms with Crippen LogP contribution in [0.5, 0.6) is 0 Å². The van der Waals surface area contributed by atoms with Gasteiger partial charge in [-0.1, -0.05) is 18.9 Å². The molecule has 2 aliphatic heterocycles. The molecule has 2 aliphatic rings. The number of nitrogens with one attached hydrogen (secondary N) is 2. The van der Waals surface area contributed by atoms with Gasteiger partial charge < -0.3 is 15.4 Å². The molecule has 1 aromatic rings. The number of carbonyl (C=O) groups is 1. The number of hydrogen-bond acceptors (Lipinski definition) is 5. The lowest BCUT2D eigenvalue weighted by atomic mass is 10.2. The second kappa shape index (κ2) is 8.47. The number of benzene rings is 1. The number of aryl methyl sites for hydroxylation is 1. The summed E-state index contributed by atoms with van der Waals surface area (Å²) in [7, 11) is -3.56. The Balaban J connectivity index is 1.79. The second-order valence-electron chi connectivity index (χ2n) is 6.87. The predicted molar refractivity (Wildman–Crippen MR) is 99.6 cm³/mol. The van der Waals surface area contributed by atoms with Gasteiger partial charge in [0.15, 0.2) is 0 Å². The second-order valence-corrected chi connectivity index (χ2v) is 8.78. The van der Waals surface area contributed by atoms with Gasteiger partial charge in [0.1, 0.15) is 6.04 Å². The van der Waals surface area contributed by atoms with Crippen LogP contribution < -0.4 is 10.6 Å². The summed E-state index contributed by atoms with van der Waals surface area (Å²) in [5.74, 6) is -0.216. The molecular weight excluding hydrogens is 354 g/mol. The normalized spacial score (nSPS) is 22.6. The molecular formula is C18H27N3O4S. The van der Waals surface area contributed by atoms with Gasteiger partial charge in [0, 0.05) is 25.3 Å². The van der Waals surface area contributed by atoms with Crippen molar-refractivity contribution in [2.45, 2.75) is 43.5 Å². The number of carbonyl (C=O) groups excluding carboxylic acids is 1. The minimum absolute atomic E-state index is 0.216. The first-order valence-electron chi connectivity index (χ1n) is 9.21. The SMILES string of the molecule is Cc1ccc(NC(=O)C2COCCN2)cc1S(=O)(=O)N1CCCCCC1. The number of sulfonamides is 1. The predicted octanol–water partition coefficient (Wildman–Crippen LogP) is 1.49. The quantitative estimate of drug-likeness (QED) is 0.825. The lowest BCUT2D eigenvalue weighted by Gasteiger charge is -2.24. The molecule has 7 nitrogen and oxygen atoms in total. The smallest absolute Gasteiger partial charge is 0.243 e. The van der Waals surface area contributed by atoms with E-state index in [1.807, 2.05) is 0 Å². The molecule has 2 fully saturated rings. The van der Waals surface area contributed by atoms with Crippen molar-refractivity contribution in [2.24, 2.45) is 0 Å². The molecule has 0 aliphatic carbocycles. The van der Waals surface area contributed by atoms with E-state index in [4.69, 9.17) is 4.74 Å². The molecule has 1 atom stereocenters. The summed E-state index contributed by atoms with van der Waals surface area (Å²) in [5, 5.41) is 5.89. The van der Waals surface area contributed by atoms with Gasteiger partial charge in [0.25, 0.3) is 0 Å². The molecule has 8 heteroatoms. The molecule has 3 rings (SSSR count). The van der Waals surface area contributed by atoms with Crippen LogP contribution in [0.2, 0.25) is 0 Å². The molecule has 1 aromatic carbocycles. The van der Waals surface area contributed by atoms with Crippen LogP contribution in [-0.2, 0) is 19.6 Å². The fourth-order valence-electron chi connectivity index (χ4n) is 3.34. The van der Waals surface area contributed by atoms with Crippen LogP contribution in [0, 0.1) is 6.92 Å². The van der Waals surface area contributed by atoms with Crippen molar-refractivity contribution in [3.8, 4) is 0 Å². The number of morpholine rings is 1. The Hall–Kier alpha value is -1.48. The topological polar surface area (TPSA) is 87.7 Å². The molecule has 2 heterocycles. The lowest BCUT2D eigenvalue weighted by molar-refractivity contribution is -0.120. The van der Waals surface area contributed by atoms with Gasteiger partial charge >= 0.3 is 0 Å². The van der Waals surface area contributed by atoms with Gasteiger partial charge in [-0.25, -0.2) is 8.42 Å². The van der Waals surface area contributed by atoms with E-state index in [1.54, 1.807) is 29.4 Å². The summed E-state index contributed by atoms with van der Waals surface area (Å²) in [4.78, 5) is 12.6. The number of anilines is 1. The van der Waals surface area contributed by atoms with E-state index in [0.717, 1.165) is 25.7 Å². The Morgan fingerprint density at radius 2 is 1.96 bits per heavy atom.